The summed E-state index contributed by atoms with van der Waals surface area (Å²) in [4.78, 5) is 15.8. The average Bonchev–Trinajstić information content (AvgIpc) is 2.87. The molecular weight excluding hydrogens is 280 g/mol. The van der Waals surface area contributed by atoms with Crippen LogP contribution in [0.4, 0.5) is 5.82 Å². The standard InChI is InChI=1S/C16H16N4S/c17-15-14-11-3-1-2-4-12(11)21-16(14)20-13(19-15)9-10-5-7-18-8-6-10/h5-8H,1-4,9H2,(H2,17,19,20). The van der Waals surface area contributed by atoms with Crippen molar-refractivity contribution in [1.29, 1.82) is 0 Å². The molecule has 4 nitrogen and oxygen atoms in total. The molecule has 0 radical (unpaired) electrons. The van der Waals surface area contributed by atoms with Gasteiger partial charge in [-0.25, -0.2) is 9.97 Å². The molecule has 0 aliphatic heterocycles. The largest absolute Gasteiger partial charge is 0.383 e. The van der Waals surface area contributed by atoms with Crippen molar-refractivity contribution >= 4 is 27.4 Å². The molecule has 5 heteroatoms. The number of aryl methyl sites for hydroxylation is 2. The zero-order valence-electron chi connectivity index (χ0n) is 11.7. The summed E-state index contributed by atoms with van der Waals surface area (Å²) in [6.45, 7) is 0. The summed E-state index contributed by atoms with van der Waals surface area (Å²) < 4.78 is 0. The van der Waals surface area contributed by atoms with Gasteiger partial charge in [-0.2, -0.15) is 0 Å². The Morgan fingerprint density at radius 1 is 1.10 bits per heavy atom. The number of rotatable bonds is 2. The van der Waals surface area contributed by atoms with E-state index in [2.05, 4.69) is 9.97 Å². The van der Waals surface area contributed by atoms with E-state index in [1.54, 1.807) is 23.7 Å². The molecule has 0 bridgehead atoms. The summed E-state index contributed by atoms with van der Waals surface area (Å²) in [7, 11) is 0. The van der Waals surface area contributed by atoms with E-state index < -0.39 is 0 Å². The van der Waals surface area contributed by atoms with Crippen molar-refractivity contribution in [1.82, 2.24) is 15.0 Å². The molecule has 0 spiro atoms. The predicted octanol–water partition coefficient (Wildman–Crippen LogP) is 3.14. The highest BCUT2D eigenvalue weighted by molar-refractivity contribution is 7.19. The molecule has 1 aliphatic rings. The molecule has 0 unspecified atom stereocenters. The third-order valence-corrected chi connectivity index (χ3v) is 5.19. The van der Waals surface area contributed by atoms with E-state index in [1.165, 1.54) is 23.3 Å². The first-order chi connectivity index (χ1) is 10.3. The maximum atomic E-state index is 6.22. The van der Waals surface area contributed by atoms with E-state index in [0.29, 0.717) is 12.2 Å². The van der Waals surface area contributed by atoms with Crippen LogP contribution >= 0.6 is 11.3 Å². The highest BCUT2D eigenvalue weighted by Gasteiger charge is 2.20. The van der Waals surface area contributed by atoms with Crippen molar-refractivity contribution in [2.45, 2.75) is 32.1 Å². The van der Waals surface area contributed by atoms with Crippen LogP contribution in [0.2, 0.25) is 0 Å². The maximum Gasteiger partial charge on any atom is 0.136 e. The van der Waals surface area contributed by atoms with Crippen LogP contribution in [-0.2, 0) is 19.3 Å². The van der Waals surface area contributed by atoms with Gasteiger partial charge in [-0.3, -0.25) is 4.98 Å². The minimum atomic E-state index is 0.642. The summed E-state index contributed by atoms with van der Waals surface area (Å²) in [5.74, 6) is 1.44. The molecule has 0 saturated carbocycles. The quantitative estimate of drug-likeness (QED) is 0.789. The second-order valence-corrected chi connectivity index (χ2v) is 6.53. The van der Waals surface area contributed by atoms with Crippen LogP contribution in [0.1, 0.15) is 34.7 Å². The topological polar surface area (TPSA) is 64.7 Å². The number of nitrogens with two attached hydrogens (primary N) is 1. The van der Waals surface area contributed by atoms with E-state index >= 15 is 0 Å². The Hall–Kier alpha value is -2.01. The number of fused-ring (bicyclic) bond motifs is 3. The smallest absolute Gasteiger partial charge is 0.136 e. The third-order valence-electron chi connectivity index (χ3n) is 4.00. The first-order valence-electron chi connectivity index (χ1n) is 7.27. The van der Waals surface area contributed by atoms with Gasteiger partial charge in [0.1, 0.15) is 16.5 Å². The summed E-state index contributed by atoms with van der Waals surface area (Å²) in [5, 5.41) is 1.10. The minimum absolute atomic E-state index is 0.642. The number of aromatic nitrogens is 3. The lowest BCUT2D eigenvalue weighted by Crippen LogP contribution is -2.03. The molecule has 2 N–H and O–H groups in total. The van der Waals surface area contributed by atoms with Crippen molar-refractivity contribution in [3.63, 3.8) is 0 Å². The van der Waals surface area contributed by atoms with Gasteiger partial charge in [0.05, 0.1) is 5.39 Å². The Bertz CT molecular complexity index is 795. The second-order valence-electron chi connectivity index (χ2n) is 5.45. The van der Waals surface area contributed by atoms with E-state index in [-0.39, 0.29) is 0 Å². The van der Waals surface area contributed by atoms with Crippen molar-refractivity contribution in [3.8, 4) is 0 Å². The molecule has 0 amide bonds. The van der Waals surface area contributed by atoms with E-state index in [0.717, 1.165) is 34.4 Å². The summed E-state index contributed by atoms with van der Waals surface area (Å²) >= 11 is 1.80. The molecule has 0 atom stereocenters. The van der Waals surface area contributed by atoms with Gasteiger partial charge in [0, 0.05) is 23.7 Å². The normalized spacial score (nSPS) is 14.3. The molecular formula is C16H16N4S. The van der Waals surface area contributed by atoms with E-state index in [9.17, 15) is 0 Å². The molecule has 106 valence electrons. The fourth-order valence-electron chi connectivity index (χ4n) is 2.99. The van der Waals surface area contributed by atoms with Gasteiger partial charge < -0.3 is 5.73 Å². The molecule has 3 aromatic rings. The molecule has 1 aliphatic carbocycles. The van der Waals surface area contributed by atoms with Crippen LogP contribution in [0.3, 0.4) is 0 Å². The molecule has 0 saturated heterocycles. The van der Waals surface area contributed by atoms with E-state index in [1.807, 2.05) is 12.1 Å². The molecule has 21 heavy (non-hydrogen) atoms. The zero-order valence-corrected chi connectivity index (χ0v) is 12.5. The zero-order chi connectivity index (χ0) is 14.2. The van der Waals surface area contributed by atoms with Gasteiger partial charge in [-0.1, -0.05) is 0 Å². The fraction of sp³-hybridized carbons (Fsp3) is 0.312. The Kier molecular flexibility index (Phi) is 3.07. The van der Waals surface area contributed by atoms with Gasteiger partial charge in [-0.15, -0.1) is 11.3 Å². The number of anilines is 1. The van der Waals surface area contributed by atoms with Crippen molar-refractivity contribution in [3.05, 3.63) is 46.4 Å². The molecule has 0 fully saturated rings. The molecule has 3 aromatic heterocycles. The molecule has 3 heterocycles. The van der Waals surface area contributed by atoms with Gasteiger partial charge in [0.25, 0.3) is 0 Å². The Morgan fingerprint density at radius 2 is 1.90 bits per heavy atom. The molecule has 0 aromatic carbocycles. The highest BCUT2D eigenvalue weighted by atomic mass is 32.1. The summed E-state index contributed by atoms with van der Waals surface area (Å²) in [6, 6.07) is 3.98. The van der Waals surface area contributed by atoms with Crippen LogP contribution < -0.4 is 5.73 Å². The molecule has 4 rings (SSSR count). The Balaban J connectivity index is 1.79. The first-order valence-corrected chi connectivity index (χ1v) is 8.08. The fourth-order valence-corrected chi connectivity index (χ4v) is 4.28. The monoisotopic (exact) mass is 296 g/mol. The number of nitrogen functional groups attached to an aromatic ring is 1. The van der Waals surface area contributed by atoms with Crippen molar-refractivity contribution in [2.75, 3.05) is 5.73 Å². The highest BCUT2D eigenvalue weighted by Crippen LogP contribution is 2.37. The summed E-state index contributed by atoms with van der Waals surface area (Å²) in [6.07, 6.45) is 9.09. The number of pyridine rings is 1. The SMILES string of the molecule is Nc1nc(Cc2ccncc2)nc2sc3c(c12)CCCC3. The predicted molar refractivity (Wildman–Crippen MR) is 85.5 cm³/mol. The van der Waals surface area contributed by atoms with Crippen LogP contribution in [0.25, 0.3) is 10.2 Å². The van der Waals surface area contributed by atoms with Crippen molar-refractivity contribution < 1.29 is 0 Å². The average molecular weight is 296 g/mol. The third kappa shape index (κ3) is 2.27. The van der Waals surface area contributed by atoms with Gasteiger partial charge in [-0.05, 0) is 48.9 Å². The first kappa shape index (κ1) is 12.7. The number of hydrogen-bond donors (Lipinski definition) is 1. The number of nitrogens with zero attached hydrogens (tertiary/aromatic N) is 3. The van der Waals surface area contributed by atoms with Crippen LogP contribution in [0, 0.1) is 0 Å². The number of hydrogen-bond acceptors (Lipinski definition) is 5. The van der Waals surface area contributed by atoms with Gasteiger partial charge in [0.15, 0.2) is 0 Å². The van der Waals surface area contributed by atoms with Crippen LogP contribution in [-0.4, -0.2) is 15.0 Å². The lowest BCUT2D eigenvalue weighted by Gasteiger charge is -2.10. The Morgan fingerprint density at radius 3 is 2.76 bits per heavy atom. The van der Waals surface area contributed by atoms with E-state index in [4.69, 9.17) is 10.7 Å². The van der Waals surface area contributed by atoms with Crippen molar-refractivity contribution in [2.24, 2.45) is 0 Å². The number of thiophene rings is 1. The maximum absolute atomic E-state index is 6.22. The summed E-state index contributed by atoms with van der Waals surface area (Å²) in [5.41, 5.74) is 8.78. The van der Waals surface area contributed by atoms with Crippen LogP contribution in [0.15, 0.2) is 24.5 Å². The lowest BCUT2D eigenvalue weighted by molar-refractivity contribution is 0.700. The van der Waals surface area contributed by atoms with Gasteiger partial charge >= 0.3 is 0 Å². The van der Waals surface area contributed by atoms with Gasteiger partial charge in [0.2, 0.25) is 0 Å². The van der Waals surface area contributed by atoms with Crippen LogP contribution in [0.5, 0.6) is 0 Å². The lowest BCUT2D eigenvalue weighted by atomic mass is 9.97. The minimum Gasteiger partial charge on any atom is -0.383 e. The Labute approximate surface area is 127 Å². The second kappa shape index (κ2) is 5.07.